The lowest BCUT2D eigenvalue weighted by atomic mass is 9.96. The smallest absolute Gasteiger partial charge is 0.339 e. The Kier molecular flexibility index (Phi) is 7.50. The van der Waals surface area contributed by atoms with Crippen molar-refractivity contribution in [3.8, 4) is 0 Å². The molecule has 10 heteroatoms. The summed E-state index contributed by atoms with van der Waals surface area (Å²) in [6.45, 7) is 2.63. The molecular weight excluding hydrogens is 455 g/mol. The summed E-state index contributed by atoms with van der Waals surface area (Å²) >= 11 is 12.1. The first-order valence-electron chi connectivity index (χ1n) is 9.88. The van der Waals surface area contributed by atoms with Crippen LogP contribution in [0.25, 0.3) is 0 Å². The van der Waals surface area contributed by atoms with E-state index in [9.17, 15) is 19.7 Å². The fraction of sp³-hybridized carbons (Fsp3) is 0.273. The highest BCUT2D eigenvalue weighted by Crippen LogP contribution is 2.31. The number of nitro groups is 1. The zero-order chi connectivity index (χ0) is 23.4. The van der Waals surface area contributed by atoms with Crippen LogP contribution in [0.5, 0.6) is 0 Å². The highest BCUT2D eigenvalue weighted by molar-refractivity contribution is 6.30. The second kappa shape index (κ2) is 10.1. The van der Waals surface area contributed by atoms with Crippen molar-refractivity contribution in [1.82, 2.24) is 9.80 Å². The fourth-order valence-electron chi connectivity index (χ4n) is 3.78. The van der Waals surface area contributed by atoms with Gasteiger partial charge in [0, 0.05) is 43.1 Å². The van der Waals surface area contributed by atoms with Crippen LogP contribution in [0.1, 0.15) is 24.1 Å². The first kappa shape index (κ1) is 23.7. The van der Waals surface area contributed by atoms with E-state index in [4.69, 9.17) is 28.9 Å². The number of piperazine rings is 1. The Morgan fingerprint density at radius 3 is 1.75 bits per heavy atom. The summed E-state index contributed by atoms with van der Waals surface area (Å²) in [5, 5.41) is 12.4. The normalized spacial score (nSPS) is 15.4. The Balaban J connectivity index is 1.82. The number of carbonyl (C=O) groups excluding carboxylic acids is 2. The fourth-order valence-corrected chi connectivity index (χ4v) is 4.03. The van der Waals surface area contributed by atoms with E-state index in [0.717, 1.165) is 18.1 Å². The predicted octanol–water partition coefficient (Wildman–Crippen LogP) is 3.26. The van der Waals surface area contributed by atoms with E-state index in [1.807, 2.05) is 48.5 Å². The molecule has 0 aliphatic carbocycles. The molecule has 168 valence electrons. The summed E-state index contributed by atoms with van der Waals surface area (Å²) in [5.41, 5.74) is 6.23. The van der Waals surface area contributed by atoms with Crippen LogP contribution in [0.4, 0.5) is 0 Å². The van der Waals surface area contributed by atoms with Gasteiger partial charge in [-0.2, -0.15) is 0 Å². The number of hydrogen-bond donors (Lipinski definition) is 1. The SMILES string of the molecule is CC(=O)/C(=C(\N)C(=O)N1CCN(C(c2ccc(Cl)cc2)c2ccc(Cl)cc2)CC1)[N+](=O)[O-]. The molecule has 32 heavy (non-hydrogen) atoms. The molecule has 1 saturated heterocycles. The van der Waals surface area contributed by atoms with Crippen LogP contribution in [-0.4, -0.2) is 52.6 Å². The van der Waals surface area contributed by atoms with Crippen molar-refractivity contribution in [3.63, 3.8) is 0 Å². The Labute approximate surface area is 195 Å². The molecule has 0 saturated carbocycles. The molecule has 1 fully saturated rings. The van der Waals surface area contributed by atoms with Gasteiger partial charge >= 0.3 is 5.70 Å². The van der Waals surface area contributed by atoms with E-state index in [0.29, 0.717) is 36.2 Å². The van der Waals surface area contributed by atoms with Gasteiger partial charge in [-0.15, -0.1) is 0 Å². The molecule has 0 bridgehead atoms. The number of benzene rings is 2. The molecule has 1 aliphatic rings. The molecule has 8 nitrogen and oxygen atoms in total. The molecule has 3 rings (SSSR count). The third-order valence-electron chi connectivity index (χ3n) is 5.34. The first-order chi connectivity index (χ1) is 15.2. The van der Waals surface area contributed by atoms with E-state index < -0.39 is 28.0 Å². The average molecular weight is 477 g/mol. The standard InChI is InChI=1S/C22H22Cl2N4O4/c1-14(29)20(28(31)32)19(25)22(30)27-12-10-26(11-13-27)21(15-2-6-17(23)7-3-15)16-4-8-18(24)9-5-16/h2-9,21H,10-13,25H2,1H3/b20-19+. The largest absolute Gasteiger partial charge is 0.389 e. The van der Waals surface area contributed by atoms with E-state index >= 15 is 0 Å². The second-order valence-electron chi connectivity index (χ2n) is 7.41. The van der Waals surface area contributed by atoms with Crippen molar-refractivity contribution in [2.24, 2.45) is 5.73 Å². The van der Waals surface area contributed by atoms with Crippen molar-refractivity contribution < 1.29 is 14.5 Å². The molecule has 0 spiro atoms. The minimum absolute atomic E-state index is 0.0961. The number of nitrogens with zero attached hydrogens (tertiary/aromatic N) is 3. The van der Waals surface area contributed by atoms with Gasteiger partial charge in [-0.1, -0.05) is 47.5 Å². The van der Waals surface area contributed by atoms with E-state index in [2.05, 4.69) is 4.90 Å². The first-order valence-corrected chi connectivity index (χ1v) is 10.6. The minimum Gasteiger partial charge on any atom is -0.389 e. The van der Waals surface area contributed by atoms with Gasteiger partial charge in [-0.3, -0.25) is 24.6 Å². The van der Waals surface area contributed by atoms with Crippen molar-refractivity contribution in [1.29, 1.82) is 0 Å². The zero-order valence-corrected chi connectivity index (χ0v) is 18.8. The molecule has 0 unspecified atom stereocenters. The number of allylic oxidation sites excluding steroid dienone is 1. The van der Waals surface area contributed by atoms with Crippen LogP contribution in [0.3, 0.4) is 0 Å². The third-order valence-corrected chi connectivity index (χ3v) is 5.84. The quantitative estimate of drug-likeness (QED) is 0.389. The molecular formula is C22H22Cl2N4O4. The second-order valence-corrected chi connectivity index (χ2v) is 8.28. The van der Waals surface area contributed by atoms with Crippen LogP contribution in [0.2, 0.25) is 10.0 Å². The minimum atomic E-state index is -0.914. The molecule has 2 N–H and O–H groups in total. The average Bonchev–Trinajstić information content (AvgIpc) is 2.76. The van der Waals surface area contributed by atoms with Crippen molar-refractivity contribution in [2.75, 3.05) is 26.2 Å². The maximum atomic E-state index is 12.7. The van der Waals surface area contributed by atoms with Crippen LogP contribution < -0.4 is 5.73 Å². The van der Waals surface area contributed by atoms with Crippen LogP contribution >= 0.6 is 23.2 Å². The summed E-state index contributed by atoms with van der Waals surface area (Å²) in [7, 11) is 0. The number of Topliss-reactive ketones (excluding diaryl/α,β-unsaturated/α-hetero) is 1. The van der Waals surface area contributed by atoms with Gasteiger partial charge in [0.1, 0.15) is 0 Å². The lowest BCUT2D eigenvalue weighted by Crippen LogP contribution is -2.51. The van der Waals surface area contributed by atoms with Gasteiger partial charge < -0.3 is 10.6 Å². The van der Waals surface area contributed by atoms with Crippen molar-refractivity contribution >= 4 is 34.9 Å². The summed E-state index contributed by atoms with van der Waals surface area (Å²) in [4.78, 5) is 38.1. The van der Waals surface area contributed by atoms with Gasteiger partial charge in [-0.25, -0.2) is 0 Å². The topological polar surface area (TPSA) is 110 Å². The molecule has 1 heterocycles. The van der Waals surface area contributed by atoms with Gasteiger partial charge in [0.2, 0.25) is 5.78 Å². The molecule has 2 aromatic rings. The van der Waals surface area contributed by atoms with Gasteiger partial charge in [0.15, 0.2) is 5.70 Å². The van der Waals surface area contributed by atoms with E-state index in [1.54, 1.807) is 0 Å². The Morgan fingerprint density at radius 2 is 1.38 bits per heavy atom. The van der Waals surface area contributed by atoms with Crippen LogP contribution in [0.15, 0.2) is 59.9 Å². The summed E-state index contributed by atoms with van der Waals surface area (Å²) in [6, 6.07) is 15.0. The Hall–Kier alpha value is -2.94. The highest BCUT2D eigenvalue weighted by atomic mass is 35.5. The number of amides is 1. The van der Waals surface area contributed by atoms with E-state index in [1.165, 1.54) is 4.90 Å². The molecule has 0 aromatic heterocycles. The summed E-state index contributed by atoms with van der Waals surface area (Å²) in [6.07, 6.45) is 0. The van der Waals surface area contributed by atoms with Crippen molar-refractivity contribution in [2.45, 2.75) is 13.0 Å². The number of ketones is 1. The number of carbonyl (C=O) groups is 2. The molecule has 1 amide bonds. The number of rotatable bonds is 6. The lowest BCUT2D eigenvalue weighted by Gasteiger charge is -2.39. The summed E-state index contributed by atoms with van der Waals surface area (Å²) < 4.78 is 0. The third kappa shape index (κ3) is 5.27. The summed E-state index contributed by atoms with van der Waals surface area (Å²) in [5.74, 6) is -1.56. The predicted molar refractivity (Wildman–Crippen MR) is 122 cm³/mol. The number of hydrogen-bond acceptors (Lipinski definition) is 6. The van der Waals surface area contributed by atoms with Gasteiger partial charge in [0.05, 0.1) is 11.0 Å². The number of nitrogens with two attached hydrogens (primary N) is 1. The monoisotopic (exact) mass is 476 g/mol. The maximum absolute atomic E-state index is 12.7. The van der Waals surface area contributed by atoms with Crippen molar-refractivity contribution in [3.05, 3.63) is 91.2 Å². The highest BCUT2D eigenvalue weighted by Gasteiger charge is 2.33. The lowest BCUT2D eigenvalue weighted by molar-refractivity contribution is -0.419. The number of halogens is 2. The van der Waals surface area contributed by atoms with Crippen LogP contribution in [-0.2, 0) is 9.59 Å². The molecule has 1 aliphatic heterocycles. The molecule has 0 atom stereocenters. The Bertz CT molecular complexity index is 985. The molecule has 2 aromatic carbocycles. The maximum Gasteiger partial charge on any atom is 0.339 e. The zero-order valence-electron chi connectivity index (χ0n) is 17.3. The van der Waals surface area contributed by atoms with Crippen LogP contribution in [0, 0.1) is 10.1 Å². The Morgan fingerprint density at radius 1 is 0.938 bits per heavy atom. The molecule has 0 radical (unpaired) electrons. The van der Waals surface area contributed by atoms with Gasteiger partial charge in [0.25, 0.3) is 5.91 Å². The van der Waals surface area contributed by atoms with E-state index in [-0.39, 0.29) is 6.04 Å². The van der Waals surface area contributed by atoms with Gasteiger partial charge in [-0.05, 0) is 35.4 Å².